The van der Waals surface area contributed by atoms with Gasteiger partial charge in [-0.1, -0.05) is 59.3 Å². The molecule has 0 aromatic carbocycles. The van der Waals surface area contributed by atoms with Crippen LogP contribution < -0.4 is 4.74 Å². The lowest BCUT2D eigenvalue weighted by molar-refractivity contribution is 0.273. The first-order valence-electron chi connectivity index (χ1n) is 12.0. The highest BCUT2D eigenvalue weighted by Crippen LogP contribution is 2.17. The van der Waals surface area contributed by atoms with E-state index in [9.17, 15) is 0 Å². The quantitative estimate of drug-likeness (QED) is 0.260. The van der Waals surface area contributed by atoms with Crippen LogP contribution in [-0.2, 0) is 0 Å². The molecule has 5 nitrogen and oxygen atoms in total. The summed E-state index contributed by atoms with van der Waals surface area (Å²) in [4.78, 5) is 11.2. The number of hydrogen-bond acceptors (Lipinski definition) is 4. The number of nitrogens with zero attached hydrogens (tertiary/aromatic N) is 4. The van der Waals surface area contributed by atoms with E-state index in [4.69, 9.17) is 4.74 Å². The Balaban J connectivity index is 0.000000911. The highest BCUT2D eigenvalue weighted by atomic mass is 16.5. The van der Waals surface area contributed by atoms with Crippen molar-refractivity contribution in [1.82, 2.24) is 19.3 Å². The van der Waals surface area contributed by atoms with Gasteiger partial charge in [0.2, 0.25) is 5.65 Å². The van der Waals surface area contributed by atoms with E-state index in [0.29, 0.717) is 18.5 Å². The van der Waals surface area contributed by atoms with E-state index in [1.54, 1.807) is 6.20 Å². The van der Waals surface area contributed by atoms with Crippen LogP contribution in [0.5, 0.6) is 5.88 Å². The highest BCUT2D eigenvalue weighted by Gasteiger charge is 2.08. The number of rotatable bonds is 12. The lowest BCUT2D eigenvalue weighted by Gasteiger charge is -2.21. The summed E-state index contributed by atoms with van der Waals surface area (Å²) in [5.41, 5.74) is 1.61. The molecule has 0 aliphatic rings. The van der Waals surface area contributed by atoms with E-state index in [0.717, 1.165) is 43.1 Å². The summed E-state index contributed by atoms with van der Waals surface area (Å²) in [7, 11) is 2.14. The molecule has 0 spiro atoms. The Morgan fingerprint density at radius 1 is 1.16 bits per heavy atom. The van der Waals surface area contributed by atoms with E-state index in [2.05, 4.69) is 68.8 Å². The molecule has 2 heterocycles. The molecule has 0 aliphatic carbocycles. The summed E-state index contributed by atoms with van der Waals surface area (Å²) in [5.74, 6) is 1.40. The second-order valence-electron chi connectivity index (χ2n) is 7.65. The topological polar surface area (TPSA) is 42.7 Å². The maximum absolute atomic E-state index is 5.73. The van der Waals surface area contributed by atoms with Crippen LogP contribution in [0, 0.1) is 5.92 Å². The summed E-state index contributed by atoms with van der Waals surface area (Å²) < 4.78 is 7.68. The Kier molecular flexibility index (Phi) is 16.8. The van der Waals surface area contributed by atoms with Crippen molar-refractivity contribution < 1.29 is 4.74 Å². The summed E-state index contributed by atoms with van der Waals surface area (Å²) in [5, 5.41) is 0. The molecule has 0 N–H and O–H groups in total. The molecule has 32 heavy (non-hydrogen) atoms. The van der Waals surface area contributed by atoms with Gasteiger partial charge in [0.05, 0.1) is 12.3 Å². The van der Waals surface area contributed by atoms with Crippen molar-refractivity contribution in [3.05, 3.63) is 55.7 Å². The lowest BCUT2D eigenvalue weighted by Crippen LogP contribution is -2.27. The first kappa shape index (κ1) is 29.6. The maximum Gasteiger partial charge on any atom is 0.258 e. The number of aromatic nitrogens is 3. The van der Waals surface area contributed by atoms with E-state index in [1.807, 2.05) is 48.9 Å². The van der Waals surface area contributed by atoms with E-state index in [-0.39, 0.29) is 0 Å². The number of ether oxygens (including phenoxy) is 1. The van der Waals surface area contributed by atoms with Crippen LogP contribution in [0.1, 0.15) is 72.9 Å². The monoisotopic (exact) mass is 442 g/mol. The van der Waals surface area contributed by atoms with Crippen molar-refractivity contribution in [3.63, 3.8) is 0 Å². The Morgan fingerprint density at radius 2 is 1.88 bits per heavy atom. The molecule has 0 bridgehead atoms. The van der Waals surface area contributed by atoms with Gasteiger partial charge in [0.1, 0.15) is 0 Å². The Morgan fingerprint density at radius 3 is 2.44 bits per heavy atom. The summed E-state index contributed by atoms with van der Waals surface area (Å²) in [6.07, 6.45) is 17.8. The number of allylic oxidation sites excluding steroid dienone is 1. The first-order chi connectivity index (χ1) is 15.5. The van der Waals surface area contributed by atoms with Crippen LogP contribution in [0.3, 0.4) is 0 Å². The zero-order chi connectivity index (χ0) is 24.4. The molecule has 5 heteroatoms. The van der Waals surface area contributed by atoms with Gasteiger partial charge in [0.25, 0.3) is 5.88 Å². The Labute approximate surface area is 196 Å². The third kappa shape index (κ3) is 11.3. The molecule has 0 fully saturated rings. The van der Waals surface area contributed by atoms with Crippen molar-refractivity contribution >= 4 is 11.7 Å². The third-order valence-electron chi connectivity index (χ3n) is 5.21. The normalized spacial score (nSPS) is 12.5. The molecule has 2 aromatic rings. The SMILES string of the molecule is C=CCC(C)CC.C=CCCOc1nc(/C=C/CC(C)N(C)CC)cn2ccnc12.CC. The van der Waals surface area contributed by atoms with Gasteiger partial charge in [-0.3, -0.25) is 0 Å². The molecule has 0 radical (unpaired) electrons. The van der Waals surface area contributed by atoms with Crippen molar-refractivity contribution in [2.45, 2.75) is 73.3 Å². The average Bonchev–Trinajstić information content (AvgIpc) is 3.29. The molecule has 2 unspecified atom stereocenters. The average molecular weight is 443 g/mol. The summed E-state index contributed by atoms with van der Waals surface area (Å²) >= 11 is 0. The predicted molar refractivity (Wildman–Crippen MR) is 140 cm³/mol. The second kappa shape index (κ2) is 18.2. The van der Waals surface area contributed by atoms with Crippen LogP contribution in [-0.4, -0.2) is 45.5 Å². The molecular weight excluding hydrogens is 396 g/mol. The lowest BCUT2D eigenvalue weighted by atomic mass is 10.1. The standard InChI is InChI=1S/C18H26N4O.C7H14.C2H6/c1-5-7-13-23-18-17-19-11-12-22(17)14-16(20-18)10-8-9-15(3)21(4)6-2;1-4-6-7(3)5-2;1-2/h5,8,10-12,14-15H,1,6-7,9,13H2,2-4H3;4,7H,1,5-6H2,2-3H3;1-2H3/b10-8+;;. The number of fused-ring (bicyclic) bond motifs is 1. The van der Waals surface area contributed by atoms with Crippen LogP contribution in [0.4, 0.5) is 0 Å². The van der Waals surface area contributed by atoms with Crippen molar-refractivity contribution in [3.8, 4) is 5.88 Å². The fraction of sp³-hybridized carbons (Fsp3) is 0.556. The fourth-order valence-electron chi connectivity index (χ4n) is 2.67. The van der Waals surface area contributed by atoms with Crippen molar-refractivity contribution in [2.75, 3.05) is 20.2 Å². The molecule has 0 amide bonds. The van der Waals surface area contributed by atoms with Gasteiger partial charge in [-0.15, -0.1) is 13.2 Å². The van der Waals surface area contributed by atoms with Gasteiger partial charge in [0.15, 0.2) is 0 Å². The van der Waals surface area contributed by atoms with E-state index >= 15 is 0 Å². The first-order valence-corrected chi connectivity index (χ1v) is 12.0. The Hall–Kier alpha value is -2.40. The van der Waals surface area contributed by atoms with Crippen molar-refractivity contribution in [2.24, 2.45) is 5.92 Å². The molecule has 2 aromatic heterocycles. The minimum atomic E-state index is 0.511. The van der Waals surface area contributed by atoms with Crippen LogP contribution in [0.2, 0.25) is 0 Å². The molecule has 180 valence electrons. The minimum absolute atomic E-state index is 0.511. The van der Waals surface area contributed by atoms with Crippen molar-refractivity contribution in [1.29, 1.82) is 0 Å². The van der Waals surface area contributed by atoms with Crippen LogP contribution in [0.15, 0.2) is 50.0 Å². The minimum Gasteiger partial charge on any atom is -0.475 e. The smallest absolute Gasteiger partial charge is 0.258 e. The predicted octanol–water partition coefficient (Wildman–Crippen LogP) is 7.06. The largest absolute Gasteiger partial charge is 0.475 e. The van der Waals surface area contributed by atoms with Gasteiger partial charge >= 0.3 is 0 Å². The van der Waals surface area contributed by atoms with E-state index in [1.165, 1.54) is 6.42 Å². The van der Waals surface area contributed by atoms with Crippen LogP contribution in [0.25, 0.3) is 11.7 Å². The number of hydrogen-bond donors (Lipinski definition) is 0. The van der Waals surface area contributed by atoms with Gasteiger partial charge in [-0.05, 0) is 51.8 Å². The summed E-state index contributed by atoms with van der Waals surface area (Å²) in [6.45, 7) is 21.8. The molecular formula is C27H46N4O. The fourth-order valence-corrected chi connectivity index (χ4v) is 2.67. The molecule has 2 atom stereocenters. The highest BCUT2D eigenvalue weighted by molar-refractivity contribution is 5.54. The van der Waals surface area contributed by atoms with Gasteiger partial charge in [-0.25, -0.2) is 9.97 Å². The second-order valence-corrected chi connectivity index (χ2v) is 7.65. The van der Waals surface area contributed by atoms with Gasteiger partial charge in [0, 0.05) is 24.6 Å². The zero-order valence-electron chi connectivity index (χ0n) is 21.6. The van der Waals surface area contributed by atoms with E-state index < -0.39 is 0 Å². The maximum atomic E-state index is 5.73. The third-order valence-corrected chi connectivity index (χ3v) is 5.21. The molecule has 0 saturated carbocycles. The molecule has 2 rings (SSSR count). The zero-order valence-corrected chi connectivity index (χ0v) is 21.6. The molecule has 0 saturated heterocycles. The van der Waals surface area contributed by atoms with Crippen LogP contribution >= 0.6 is 0 Å². The number of imidazole rings is 1. The Bertz CT molecular complexity index is 781. The van der Waals surface area contributed by atoms with Gasteiger partial charge in [-0.2, -0.15) is 0 Å². The van der Waals surface area contributed by atoms with Gasteiger partial charge < -0.3 is 14.0 Å². The molecule has 0 aliphatic heterocycles. The summed E-state index contributed by atoms with van der Waals surface area (Å²) in [6, 6.07) is 0.511.